The molecule has 1 aromatic carbocycles. The number of amides is 1. The van der Waals surface area contributed by atoms with E-state index in [1.807, 2.05) is 0 Å². The van der Waals surface area contributed by atoms with Crippen molar-refractivity contribution in [2.75, 3.05) is 26.6 Å². The average molecular weight is 341 g/mol. The van der Waals surface area contributed by atoms with Gasteiger partial charge in [0, 0.05) is 42.7 Å². The SMILES string of the molecule is CNC(C(=O)Nc1cc(OC)cc(OC)c1)c1cnn(C)c1.Cl. The summed E-state index contributed by atoms with van der Waals surface area (Å²) < 4.78 is 12.0. The first kappa shape index (κ1) is 18.8. The number of carbonyl (C=O) groups excluding carboxylic acids is 1. The van der Waals surface area contributed by atoms with Crippen molar-refractivity contribution in [1.82, 2.24) is 15.1 Å². The predicted octanol–water partition coefficient (Wildman–Crippen LogP) is 1.76. The quantitative estimate of drug-likeness (QED) is 0.838. The van der Waals surface area contributed by atoms with Crippen LogP contribution < -0.4 is 20.1 Å². The molecule has 8 heteroatoms. The summed E-state index contributed by atoms with van der Waals surface area (Å²) in [6, 6.07) is 4.71. The van der Waals surface area contributed by atoms with Gasteiger partial charge in [0.2, 0.25) is 5.91 Å². The summed E-state index contributed by atoms with van der Waals surface area (Å²) in [5.74, 6) is 1.03. The minimum absolute atomic E-state index is 0. The molecule has 0 aliphatic heterocycles. The number of rotatable bonds is 6. The van der Waals surface area contributed by atoms with Crippen LogP contribution in [0, 0.1) is 0 Å². The number of aromatic nitrogens is 2. The summed E-state index contributed by atoms with van der Waals surface area (Å²) in [5.41, 5.74) is 1.39. The van der Waals surface area contributed by atoms with Crippen molar-refractivity contribution in [1.29, 1.82) is 0 Å². The second kappa shape index (κ2) is 8.40. The van der Waals surface area contributed by atoms with Crippen LogP contribution in [0.4, 0.5) is 5.69 Å². The van der Waals surface area contributed by atoms with Crippen molar-refractivity contribution < 1.29 is 14.3 Å². The molecule has 1 heterocycles. The van der Waals surface area contributed by atoms with Crippen LogP contribution in [0.1, 0.15) is 11.6 Å². The lowest BCUT2D eigenvalue weighted by molar-refractivity contribution is -0.118. The van der Waals surface area contributed by atoms with Crippen LogP contribution in [0.25, 0.3) is 0 Å². The topological polar surface area (TPSA) is 77.4 Å². The zero-order chi connectivity index (χ0) is 16.1. The number of hydrogen-bond acceptors (Lipinski definition) is 5. The first-order valence-corrected chi connectivity index (χ1v) is 6.77. The smallest absolute Gasteiger partial charge is 0.246 e. The number of nitrogens with zero attached hydrogens (tertiary/aromatic N) is 2. The van der Waals surface area contributed by atoms with Gasteiger partial charge in [-0.15, -0.1) is 12.4 Å². The monoisotopic (exact) mass is 340 g/mol. The van der Waals surface area contributed by atoms with Gasteiger partial charge in [-0.05, 0) is 7.05 Å². The Kier molecular flexibility index (Phi) is 6.87. The van der Waals surface area contributed by atoms with Gasteiger partial charge in [0.25, 0.3) is 0 Å². The van der Waals surface area contributed by atoms with Gasteiger partial charge in [-0.1, -0.05) is 0 Å². The molecule has 0 radical (unpaired) electrons. The molecule has 23 heavy (non-hydrogen) atoms. The minimum atomic E-state index is -0.495. The average Bonchev–Trinajstić information content (AvgIpc) is 2.93. The van der Waals surface area contributed by atoms with Gasteiger partial charge in [0.15, 0.2) is 0 Å². The van der Waals surface area contributed by atoms with Gasteiger partial charge in [0.1, 0.15) is 17.5 Å². The number of hydrogen-bond donors (Lipinski definition) is 2. The maximum absolute atomic E-state index is 12.5. The highest BCUT2D eigenvalue weighted by molar-refractivity contribution is 5.95. The molecule has 0 spiro atoms. The van der Waals surface area contributed by atoms with Gasteiger partial charge in [0.05, 0.1) is 20.4 Å². The van der Waals surface area contributed by atoms with Crippen molar-refractivity contribution >= 4 is 24.0 Å². The predicted molar refractivity (Wildman–Crippen MR) is 90.4 cm³/mol. The normalized spacial score (nSPS) is 11.3. The Hall–Kier alpha value is -2.25. The standard InChI is InChI=1S/C15H20N4O3.ClH/c1-16-14(10-8-17-19(2)9-10)15(20)18-11-5-12(21-3)7-13(6-11)22-4;/h5-9,14,16H,1-4H3,(H,18,20);1H. The molecule has 1 aromatic heterocycles. The third-order valence-electron chi connectivity index (χ3n) is 3.23. The summed E-state index contributed by atoms with van der Waals surface area (Å²) in [6.45, 7) is 0. The number of methoxy groups -OCH3 is 2. The Bertz CT molecular complexity index is 638. The second-order valence-corrected chi connectivity index (χ2v) is 4.76. The van der Waals surface area contributed by atoms with Crippen LogP contribution in [0.3, 0.4) is 0 Å². The maximum Gasteiger partial charge on any atom is 0.246 e. The zero-order valence-electron chi connectivity index (χ0n) is 13.5. The number of aryl methyl sites for hydroxylation is 1. The largest absolute Gasteiger partial charge is 0.497 e. The fourth-order valence-electron chi connectivity index (χ4n) is 2.13. The maximum atomic E-state index is 12.5. The molecular formula is C15H21ClN4O3. The van der Waals surface area contributed by atoms with E-state index < -0.39 is 6.04 Å². The molecule has 0 aliphatic carbocycles. The fourth-order valence-corrected chi connectivity index (χ4v) is 2.13. The number of benzene rings is 1. The van der Waals surface area contributed by atoms with Gasteiger partial charge in [-0.2, -0.15) is 5.10 Å². The zero-order valence-corrected chi connectivity index (χ0v) is 14.3. The molecule has 0 bridgehead atoms. The summed E-state index contributed by atoms with van der Waals surface area (Å²) in [6.07, 6.45) is 3.46. The highest BCUT2D eigenvalue weighted by Crippen LogP contribution is 2.26. The lowest BCUT2D eigenvalue weighted by Gasteiger charge is -2.15. The minimum Gasteiger partial charge on any atom is -0.497 e. The Morgan fingerprint density at radius 1 is 1.22 bits per heavy atom. The second-order valence-electron chi connectivity index (χ2n) is 4.76. The number of ether oxygens (including phenoxy) is 2. The first-order valence-electron chi connectivity index (χ1n) is 6.77. The van der Waals surface area contributed by atoms with Crippen LogP contribution in [0.2, 0.25) is 0 Å². The molecule has 1 amide bonds. The Balaban J connectivity index is 0.00000264. The Morgan fingerprint density at radius 3 is 2.26 bits per heavy atom. The van der Waals surface area contributed by atoms with Crippen molar-refractivity contribution in [3.63, 3.8) is 0 Å². The van der Waals surface area contributed by atoms with Crippen molar-refractivity contribution in [2.24, 2.45) is 7.05 Å². The molecule has 126 valence electrons. The molecule has 0 saturated heterocycles. The van der Waals surface area contributed by atoms with E-state index in [9.17, 15) is 4.79 Å². The first-order chi connectivity index (χ1) is 10.6. The lowest BCUT2D eigenvalue weighted by Crippen LogP contribution is -2.30. The van der Waals surface area contributed by atoms with E-state index in [1.165, 1.54) is 0 Å². The van der Waals surface area contributed by atoms with Gasteiger partial charge in [-0.3, -0.25) is 9.48 Å². The Morgan fingerprint density at radius 2 is 1.83 bits per heavy atom. The van der Waals surface area contributed by atoms with Crippen LogP contribution >= 0.6 is 12.4 Å². The molecule has 2 aromatic rings. The van der Waals surface area contributed by atoms with Gasteiger partial charge < -0.3 is 20.1 Å². The van der Waals surface area contributed by atoms with Gasteiger partial charge >= 0.3 is 0 Å². The molecule has 7 nitrogen and oxygen atoms in total. The number of anilines is 1. The van der Waals surface area contributed by atoms with E-state index in [-0.39, 0.29) is 18.3 Å². The summed E-state index contributed by atoms with van der Waals surface area (Å²) in [5, 5.41) is 9.92. The number of halogens is 1. The third kappa shape index (κ3) is 4.61. The highest BCUT2D eigenvalue weighted by atomic mass is 35.5. The highest BCUT2D eigenvalue weighted by Gasteiger charge is 2.20. The van der Waals surface area contributed by atoms with Crippen LogP contribution in [0.15, 0.2) is 30.6 Å². The van der Waals surface area contributed by atoms with Crippen LogP contribution in [-0.2, 0) is 11.8 Å². The van der Waals surface area contributed by atoms with E-state index in [4.69, 9.17) is 9.47 Å². The van der Waals surface area contributed by atoms with Crippen molar-refractivity contribution in [3.05, 3.63) is 36.2 Å². The van der Waals surface area contributed by atoms with Crippen LogP contribution in [-0.4, -0.2) is 37.0 Å². The van der Waals surface area contributed by atoms with E-state index in [0.29, 0.717) is 17.2 Å². The number of nitrogens with one attached hydrogen (secondary N) is 2. The van der Waals surface area contributed by atoms with E-state index >= 15 is 0 Å². The molecule has 2 rings (SSSR count). The molecule has 1 atom stereocenters. The van der Waals surface area contributed by atoms with Crippen molar-refractivity contribution in [3.8, 4) is 11.5 Å². The number of carbonyl (C=O) groups is 1. The van der Waals surface area contributed by atoms with Crippen LogP contribution in [0.5, 0.6) is 11.5 Å². The third-order valence-corrected chi connectivity index (χ3v) is 3.23. The lowest BCUT2D eigenvalue weighted by atomic mass is 10.1. The summed E-state index contributed by atoms with van der Waals surface area (Å²) >= 11 is 0. The molecular weight excluding hydrogens is 320 g/mol. The summed E-state index contributed by atoms with van der Waals surface area (Å²) in [7, 11) is 6.66. The molecule has 2 N–H and O–H groups in total. The van der Waals surface area contributed by atoms with E-state index in [1.54, 1.807) is 63.6 Å². The molecule has 1 unspecified atom stereocenters. The fraction of sp³-hybridized carbons (Fsp3) is 0.333. The van der Waals surface area contributed by atoms with Gasteiger partial charge in [-0.25, -0.2) is 0 Å². The summed E-state index contributed by atoms with van der Waals surface area (Å²) in [4.78, 5) is 12.5. The van der Waals surface area contributed by atoms with E-state index in [0.717, 1.165) is 5.56 Å². The molecule has 0 fully saturated rings. The molecule has 0 saturated carbocycles. The van der Waals surface area contributed by atoms with Crippen molar-refractivity contribution in [2.45, 2.75) is 6.04 Å². The molecule has 0 aliphatic rings. The number of likely N-dealkylation sites (N-methyl/N-ethyl adjacent to an activating group) is 1. The Labute approximate surface area is 141 Å². The van der Waals surface area contributed by atoms with E-state index in [2.05, 4.69) is 15.7 Å².